The van der Waals surface area contributed by atoms with Crippen LogP contribution in [0.5, 0.6) is 0 Å². The number of rotatable bonds is 9. The van der Waals surface area contributed by atoms with Crippen LogP contribution in [0.2, 0.25) is 0 Å². The molecular formula is C13H5F19O3. The Morgan fingerprint density at radius 2 is 0.943 bits per heavy atom. The molecule has 0 aliphatic carbocycles. The van der Waals surface area contributed by atoms with Crippen molar-refractivity contribution < 1.29 is 98.1 Å². The second-order valence-electron chi connectivity index (χ2n) is 5.99. The van der Waals surface area contributed by atoms with Crippen molar-refractivity contribution in [3.8, 4) is 0 Å². The molecule has 35 heavy (non-hydrogen) atoms. The molecule has 0 bridgehead atoms. The summed E-state index contributed by atoms with van der Waals surface area (Å²) in [7, 11) is 0. The number of aliphatic hydroxyl groups excluding tert-OH is 1. The van der Waals surface area contributed by atoms with Gasteiger partial charge in [-0.05, 0) is 0 Å². The van der Waals surface area contributed by atoms with E-state index in [-0.39, 0.29) is 0 Å². The van der Waals surface area contributed by atoms with Crippen LogP contribution in [0.25, 0.3) is 0 Å². The van der Waals surface area contributed by atoms with Gasteiger partial charge in [-0.3, -0.25) is 0 Å². The number of halogens is 19. The van der Waals surface area contributed by atoms with Crippen LogP contribution < -0.4 is 0 Å². The number of ether oxygens (including phenoxy) is 1. The Morgan fingerprint density at radius 1 is 0.571 bits per heavy atom. The Labute approximate surface area is 178 Å². The Balaban J connectivity index is 7.30. The highest BCUT2D eigenvalue weighted by Gasteiger charge is 2.91. The predicted octanol–water partition coefficient (Wildman–Crippen LogP) is 5.68. The molecule has 0 saturated carbocycles. The number of aliphatic hydroxyl groups is 1. The minimum atomic E-state index is -8.76. The summed E-state index contributed by atoms with van der Waals surface area (Å²) in [6, 6.07) is 0. The lowest BCUT2D eigenvalue weighted by Gasteiger charge is -2.39. The molecule has 1 N–H and O–H groups in total. The van der Waals surface area contributed by atoms with Gasteiger partial charge in [0.25, 0.3) is 0 Å². The number of hydrogen-bond acceptors (Lipinski definition) is 3. The summed E-state index contributed by atoms with van der Waals surface area (Å²) in [5, 5.41) is 8.22. The number of esters is 1. The fourth-order valence-electron chi connectivity index (χ4n) is 1.77. The van der Waals surface area contributed by atoms with E-state index in [9.17, 15) is 88.2 Å². The Kier molecular flexibility index (Phi) is 8.49. The molecule has 0 spiro atoms. The van der Waals surface area contributed by atoms with E-state index in [1.54, 1.807) is 0 Å². The van der Waals surface area contributed by atoms with Crippen molar-refractivity contribution in [1.29, 1.82) is 0 Å². The average Bonchev–Trinajstić information content (AvgIpc) is 2.63. The van der Waals surface area contributed by atoms with Crippen LogP contribution in [0.15, 0.2) is 11.4 Å². The monoisotopic (exact) mass is 570 g/mol. The summed E-state index contributed by atoms with van der Waals surface area (Å²) in [6.07, 6.45) is -15.3. The van der Waals surface area contributed by atoms with Crippen LogP contribution in [-0.4, -0.2) is 72.2 Å². The molecule has 3 nitrogen and oxygen atoms in total. The Morgan fingerprint density at radius 3 is 1.26 bits per heavy atom. The summed E-state index contributed by atoms with van der Waals surface area (Å²) in [4.78, 5) is 11.2. The second kappa shape index (κ2) is 9.05. The van der Waals surface area contributed by atoms with E-state index in [1.807, 2.05) is 0 Å². The van der Waals surface area contributed by atoms with Gasteiger partial charge in [0.2, 0.25) is 0 Å². The molecule has 0 saturated heterocycles. The van der Waals surface area contributed by atoms with Crippen LogP contribution in [-0.2, 0) is 9.53 Å². The van der Waals surface area contributed by atoms with Gasteiger partial charge in [-0.25, -0.2) is 9.18 Å². The molecule has 208 valence electrons. The van der Waals surface area contributed by atoms with E-state index in [0.717, 1.165) is 0 Å². The lowest BCUT2D eigenvalue weighted by molar-refractivity contribution is -0.437. The van der Waals surface area contributed by atoms with Gasteiger partial charge in [-0.15, -0.1) is 0 Å². The van der Waals surface area contributed by atoms with Crippen LogP contribution in [0.1, 0.15) is 0 Å². The number of carbonyl (C=O) groups excluding carboxylic acids is 1. The van der Waals surface area contributed by atoms with E-state index in [0.29, 0.717) is 0 Å². The summed E-state index contributed by atoms with van der Waals surface area (Å²) < 4.78 is 249. The van der Waals surface area contributed by atoms with Crippen molar-refractivity contribution in [2.75, 3.05) is 13.2 Å². The second-order valence-corrected chi connectivity index (χ2v) is 5.99. The highest BCUT2D eigenvalue weighted by atomic mass is 19.4. The van der Waals surface area contributed by atoms with Gasteiger partial charge in [-0.2, -0.15) is 79.0 Å². The standard InChI is InChI=1S/C13H5F19O3/c14-4(3(5(34)35-2-1-33)6(15,16)12(27,28)29)7(17,18)8(19,20)9(21,22)10(23,24)11(25,26)13(30,31)32/h33H,1-2H2. The first-order valence-corrected chi connectivity index (χ1v) is 7.60. The number of allylic oxidation sites excluding steroid dienone is 1. The molecule has 22 heteroatoms. The molecule has 0 atom stereocenters. The lowest BCUT2D eigenvalue weighted by atomic mass is 9.91. The van der Waals surface area contributed by atoms with E-state index in [4.69, 9.17) is 5.11 Å². The van der Waals surface area contributed by atoms with Gasteiger partial charge in [0, 0.05) is 0 Å². The lowest BCUT2D eigenvalue weighted by Crippen LogP contribution is -2.70. The summed E-state index contributed by atoms with van der Waals surface area (Å²) >= 11 is 0. The number of hydrogen-bond donors (Lipinski definition) is 1. The van der Waals surface area contributed by atoms with Crippen molar-refractivity contribution in [3.63, 3.8) is 0 Å². The molecule has 0 aromatic rings. The first-order chi connectivity index (χ1) is 15.0. The molecule has 0 unspecified atom stereocenters. The zero-order valence-corrected chi connectivity index (χ0v) is 15.4. The molecule has 0 amide bonds. The van der Waals surface area contributed by atoms with Crippen LogP contribution in [0.4, 0.5) is 83.4 Å². The zero-order valence-electron chi connectivity index (χ0n) is 15.4. The van der Waals surface area contributed by atoms with E-state index < -0.39 is 78.5 Å². The highest BCUT2D eigenvalue weighted by Crippen LogP contribution is 2.62. The minimum Gasteiger partial charge on any atom is -0.460 e. The molecule has 0 radical (unpaired) electrons. The first-order valence-electron chi connectivity index (χ1n) is 7.60. The van der Waals surface area contributed by atoms with E-state index in [2.05, 4.69) is 4.74 Å². The van der Waals surface area contributed by atoms with Crippen LogP contribution >= 0.6 is 0 Å². The van der Waals surface area contributed by atoms with Crippen LogP contribution in [0, 0.1) is 0 Å². The van der Waals surface area contributed by atoms with Gasteiger partial charge in [0.05, 0.1) is 6.61 Å². The largest absolute Gasteiger partial charge is 0.460 e. The minimum absolute atomic E-state index is 1.57. The molecule has 0 rings (SSSR count). The molecule has 0 heterocycles. The summed E-state index contributed by atoms with van der Waals surface area (Å²) in [5.41, 5.74) is -4.61. The van der Waals surface area contributed by atoms with E-state index >= 15 is 0 Å². The molecule has 0 aliphatic rings. The van der Waals surface area contributed by atoms with Crippen molar-refractivity contribution in [2.45, 2.75) is 47.9 Å². The van der Waals surface area contributed by atoms with Crippen molar-refractivity contribution >= 4 is 5.97 Å². The highest BCUT2D eigenvalue weighted by molar-refractivity contribution is 5.91. The van der Waals surface area contributed by atoms with E-state index in [1.165, 1.54) is 0 Å². The van der Waals surface area contributed by atoms with Crippen molar-refractivity contribution in [2.24, 2.45) is 0 Å². The first kappa shape index (κ1) is 32.8. The van der Waals surface area contributed by atoms with Gasteiger partial charge >= 0.3 is 53.9 Å². The van der Waals surface area contributed by atoms with Crippen molar-refractivity contribution in [1.82, 2.24) is 0 Å². The quantitative estimate of drug-likeness (QED) is 0.221. The predicted molar refractivity (Wildman–Crippen MR) is 68.0 cm³/mol. The number of carbonyl (C=O) groups is 1. The molecule has 0 aliphatic heterocycles. The summed E-state index contributed by atoms with van der Waals surface area (Å²) in [6.45, 7) is -3.35. The molecule has 0 aromatic heterocycles. The van der Waals surface area contributed by atoms with Gasteiger partial charge in [0.15, 0.2) is 11.4 Å². The van der Waals surface area contributed by atoms with Crippen LogP contribution in [0.3, 0.4) is 0 Å². The molecule has 0 fully saturated rings. The average molecular weight is 570 g/mol. The topological polar surface area (TPSA) is 46.5 Å². The third-order valence-electron chi connectivity index (χ3n) is 3.63. The normalized spacial score (nSPS) is 16.2. The maximum absolute atomic E-state index is 13.8. The maximum Gasteiger partial charge on any atom is 0.460 e. The maximum atomic E-state index is 13.8. The smallest absolute Gasteiger partial charge is 0.460 e. The molecule has 0 aromatic carbocycles. The fourth-order valence-corrected chi connectivity index (χ4v) is 1.77. The van der Waals surface area contributed by atoms with Crippen molar-refractivity contribution in [3.05, 3.63) is 11.4 Å². The third-order valence-corrected chi connectivity index (χ3v) is 3.63. The third kappa shape index (κ3) is 4.93. The number of alkyl halides is 18. The van der Waals surface area contributed by atoms with Gasteiger partial charge < -0.3 is 9.84 Å². The molecular weight excluding hydrogens is 565 g/mol. The summed E-state index contributed by atoms with van der Waals surface area (Å²) in [5.74, 6) is -59.0. The zero-order chi connectivity index (χ0) is 28.9. The fraction of sp³-hybridized carbons (Fsp3) is 0.769. The Bertz CT molecular complexity index is 819. The van der Waals surface area contributed by atoms with Gasteiger partial charge in [-0.1, -0.05) is 0 Å². The van der Waals surface area contributed by atoms with Gasteiger partial charge in [0.1, 0.15) is 6.61 Å². The SMILES string of the molecule is O=C(OCCO)C(=C(F)C(F)(F)C(F)(F)C(F)(F)C(F)(F)C(F)(F)C(F)(F)F)C(F)(F)C(F)(F)F. The Hall–Kier alpha value is -2.16.